The van der Waals surface area contributed by atoms with Crippen LogP contribution in [0.3, 0.4) is 0 Å². The number of nitrogens with two attached hydrogens (primary N) is 1. The average molecular weight is 398 g/mol. The summed E-state index contributed by atoms with van der Waals surface area (Å²) in [5.41, 5.74) is 9.48. The predicted octanol–water partition coefficient (Wildman–Crippen LogP) is 3.57. The molecule has 1 aromatic carbocycles. The number of benzene rings is 1. The number of rotatable bonds is 4. The Morgan fingerprint density at radius 1 is 1.17 bits per heavy atom. The molecule has 0 saturated heterocycles. The number of hydrogen-bond donors (Lipinski definition) is 1. The van der Waals surface area contributed by atoms with Gasteiger partial charge in [0.1, 0.15) is 17.3 Å². The Morgan fingerprint density at radius 3 is 2.70 bits per heavy atom. The van der Waals surface area contributed by atoms with Crippen LogP contribution in [0.1, 0.15) is 24.1 Å². The van der Waals surface area contributed by atoms with E-state index in [4.69, 9.17) is 20.0 Å². The molecule has 8 heteroatoms. The molecule has 0 aliphatic carbocycles. The summed E-state index contributed by atoms with van der Waals surface area (Å²) in [7, 11) is 0. The van der Waals surface area contributed by atoms with Gasteiger partial charge in [0.15, 0.2) is 5.76 Å². The third-order valence-electron chi connectivity index (χ3n) is 5.15. The largest absolute Gasteiger partial charge is 0.463 e. The molecule has 0 bridgehead atoms. The van der Waals surface area contributed by atoms with Gasteiger partial charge in [-0.2, -0.15) is 20.1 Å². The van der Waals surface area contributed by atoms with Gasteiger partial charge >= 0.3 is 0 Å². The highest BCUT2D eigenvalue weighted by Gasteiger charge is 2.39. The summed E-state index contributed by atoms with van der Waals surface area (Å²) in [6.45, 7) is 2.65. The molecule has 0 radical (unpaired) electrons. The summed E-state index contributed by atoms with van der Waals surface area (Å²) >= 11 is 0. The third kappa shape index (κ3) is 2.60. The summed E-state index contributed by atoms with van der Waals surface area (Å²) in [6, 6.07) is 17.4. The zero-order chi connectivity index (χ0) is 20.7. The Morgan fingerprint density at radius 2 is 2.00 bits per heavy atom. The number of aromatic nitrogens is 4. The van der Waals surface area contributed by atoms with Crippen LogP contribution in [-0.4, -0.2) is 19.6 Å². The van der Waals surface area contributed by atoms with Gasteiger partial charge in [0, 0.05) is 12.7 Å². The summed E-state index contributed by atoms with van der Waals surface area (Å²) in [5, 5.41) is 19.1. The van der Waals surface area contributed by atoms with E-state index in [9.17, 15) is 5.26 Å². The molecule has 0 fully saturated rings. The monoisotopic (exact) mass is 398 g/mol. The molecule has 0 amide bonds. The second-order valence-corrected chi connectivity index (χ2v) is 6.79. The molecular weight excluding hydrogens is 380 g/mol. The molecule has 1 atom stereocenters. The number of aryl methyl sites for hydroxylation is 1. The molecule has 0 saturated carbocycles. The van der Waals surface area contributed by atoms with Crippen molar-refractivity contribution >= 4 is 0 Å². The highest BCUT2D eigenvalue weighted by molar-refractivity contribution is 5.68. The number of para-hydroxylation sites is 1. The van der Waals surface area contributed by atoms with E-state index in [0.717, 1.165) is 16.9 Å². The number of hydrogen-bond acceptors (Lipinski definition) is 6. The van der Waals surface area contributed by atoms with Gasteiger partial charge in [-0.05, 0) is 37.3 Å². The topological polar surface area (TPSA) is 108 Å². The molecule has 4 aromatic rings. The third-order valence-corrected chi connectivity index (χ3v) is 5.15. The van der Waals surface area contributed by atoms with Crippen molar-refractivity contribution in [2.24, 2.45) is 5.73 Å². The lowest BCUT2D eigenvalue weighted by Crippen LogP contribution is -2.23. The first-order chi connectivity index (χ1) is 14.7. The van der Waals surface area contributed by atoms with Crippen LogP contribution in [0.5, 0.6) is 5.88 Å². The summed E-state index contributed by atoms with van der Waals surface area (Å²) in [4.78, 5) is 0. The van der Waals surface area contributed by atoms with Crippen LogP contribution in [0.25, 0.3) is 17.1 Å². The van der Waals surface area contributed by atoms with Gasteiger partial charge in [0.05, 0.1) is 29.1 Å². The van der Waals surface area contributed by atoms with Crippen LogP contribution in [0.2, 0.25) is 0 Å². The Balaban J connectivity index is 1.84. The highest BCUT2D eigenvalue weighted by Crippen LogP contribution is 2.47. The number of nitriles is 1. The summed E-state index contributed by atoms with van der Waals surface area (Å²) in [6.07, 6.45) is 3.31. The average Bonchev–Trinajstić information content (AvgIpc) is 3.52. The first-order valence-corrected chi connectivity index (χ1v) is 9.54. The molecule has 0 spiro atoms. The molecule has 1 aliphatic heterocycles. The standard InChI is InChI=1S/C22H18N6O2/c1-2-27-16(10-11-25-27)18-15(13-23)21(24)30-22-19(18)20(17-9-6-12-29-17)26-28(22)14-7-4-3-5-8-14/h3-12,18H,2,24H2,1H3. The van der Waals surface area contributed by atoms with Crippen molar-refractivity contribution in [2.75, 3.05) is 0 Å². The molecule has 4 heterocycles. The van der Waals surface area contributed by atoms with Crippen LogP contribution in [-0.2, 0) is 6.54 Å². The minimum atomic E-state index is -0.487. The fourth-order valence-electron chi connectivity index (χ4n) is 3.83. The minimum absolute atomic E-state index is 0.0573. The van der Waals surface area contributed by atoms with Crippen molar-refractivity contribution < 1.29 is 9.15 Å². The van der Waals surface area contributed by atoms with E-state index >= 15 is 0 Å². The quantitative estimate of drug-likeness (QED) is 0.563. The van der Waals surface area contributed by atoms with Crippen LogP contribution in [0.4, 0.5) is 0 Å². The first kappa shape index (κ1) is 17.8. The fraction of sp³-hybridized carbons (Fsp3) is 0.136. The lowest BCUT2D eigenvalue weighted by molar-refractivity contribution is 0.365. The van der Waals surface area contributed by atoms with Crippen molar-refractivity contribution in [2.45, 2.75) is 19.4 Å². The fourth-order valence-corrected chi connectivity index (χ4v) is 3.83. The maximum absolute atomic E-state index is 9.92. The molecule has 3 aromatic heterocycles. The summed E-state index contributed by atoms with van der Waals surface area (Å²) < 4.78 is 15.2. The zero-order valence-corrected chi connectivity index (χ0v) is 16.2. The van der Waals surface area contributed by atoms with E-state index in [2.05, 4.69) is 11.2 Å². The van der Waals surface area contributed by atoms with Crippen LogP contribution >= 0.6 is 0 Å². The van der Waals surface area contributed by atoms with E-state index < -0.39 is 5.92 Å². The van der Waals surface area contributed by atoms with Gasteiger partial charge in [-0.15, -0.1) is 0 Å². The first-order valence-electron chi connectivity index (χ1n) is 9.54. The predicted molar refractivity (Wildman–Crippen MR) is 108 cm³/mol. The van der Waals surface area contributed by atoms with E-state index in [0.29, 0.717) is 29.5 Å². The van der Waals surface area contributed by atoms with E-state index in [-0.39, 0.29) is 5.88 Å². The molecule has 148 valence electrons. The van der Waals surface area contributed by atoms with Crippen molar-refractivity contribution in [3.8, 4) is 29.1 Å². The number of nitrogens with zero attached hydrogens (tertiary/aromatic N) is 5. The number of furan rings is 1. The van der Waals surface area contributed by atoms with Gasteiger partial charge in [-0.25, -0.2) is 0 Å². The van der Waals surface area contributed by atoms with E-state index in [1.807, 2.05) is 54.1 Å². The molecule has 2 N–H and O–H groups in total. The smallest absolute Gasteiger partial charge is 0.229 e. The Hall–Kier alpha value is -4.25. The van der Waals surface area contributed by atoms with Gasteiger partial charge in [-0.1, -0.05) is 18.2 Å². The normalized spacial score (nSPS) is 15.5. The molecule has 5 rings (SSSR count). The van der Waals surface area contributed by atoms with Gasteiger partial charge in [0.2, 0.25) is 11.8 Å². The maximum Gasteiger partial charge on any atom is 0.229 e. The van der Waals surface area contributed by atoms with Crippen LogP contribution < -0.4 is 10.5 Å². The van der Waals surface area contributed by atoms with E-state index in [1.54, 1.807) is 23.2 Å². The lowest BCUT2D eigenvalue weighted by atomic mass is 9.86. The van der Waals surface area contributed by atoms with Crippen molar-refractivity contribution in [3.05, 3.63) is 83.7 Å². The number of allylic oxidation sites excluding steroid dienone is 1. The maximum atomic E-state index is 9.92. The van der Waals surface area contributed by atoms with Gasteiger partial charge in [0.25, 0.3) is 0 Å². The number of fused-ring (bicyclic) bond motifs is 1. The molecule has 30 heavy (non-hydrogen) atoms. The zero-order valence-electron chi connectivity index (χ0n) is 16.2. The van der Waals surface area contributed by atoms with Gasteiger partial charge in [-0.3, -0.25) is 4.68 Å². The van der Waals surface area contributed by atoms with Crippen molar-refractivity contribution in [3.63, 3.8) is 0 Å². The Bertz CT molecular complexity index is 1280. The molecule has 1 unspecified atom stereocenters. The molecule has 8 nitrogen and oxygen atoms in total. The SMILES string of the molecule is CCn1nccc1C1C(C#N)=C(N)Oc2c1c(-c1ccco1)nn2-c1ccccc1. The second-order valence-electron chi connectivity index (χ2n) is 6.79. The number of ether oxygens (including phenoxy) is 1. The van der Waals surface area contributed by atoms with Gasteiger partial charge < -0.3 is 14.9 Å². The highest BCUT2D eigenvalue weighted by atomic mass is 16.5. The lowest BCUT2D eigenvalue weighted by Gasteiger charge is -2.25. The Labute approximate surface area is 172 Å². The molecule has 1 aliphatic rings. The van der Waals surface area contributed by atoms with Crippen LogP contribution in [0, 0.1) is 11.3 Å². The Kier molecular flexibility index (Phi) is 4.14. The summed E-state index contributed by atoms with van der Waals surface area (Å²) in [5.74, 6) is 0.605. The second kappa shape index (κ2) is 6.97. The molecular formula is C22H18N6O2. The van der Waals surface area contributed by atoms with Crippen molar-refractivity contribution in [1.82, 2.24) is 19.6 Å². The van der Waals surface area contributed by atoms with E-state index in [1.165, 1.54) is 0 Å². The van der Waals surface area contributed by atoms with Crippen LogP contribution in [0.15, 0.2) is 76.9 Å². The minimum Gasteiger partial charge on any atom is -0.463 e. The van der Waals surface area contributed by atoms with Crippen molar-refractivity contribution in [1.29, 1.82) is 5.26 Å².